The molecule has 0 saturated carbocycles. The second-order valence-corrected chi connectivity index (χ2v) is 6.76. The minimum atomic E-state index is -0.0207. The van der Waals surface area contributed by atoms with E-state index in [4.69, 9.17) is 32.5 Å². The molecule has 0 aliphatic rings. The summed E-state index contributed by atoms with van der Waals surface area (Å²) in [5.74, 6) is 1.05. The lowest BCUT2D eigenvalue weighted by Gasteiger charge is -2.09. The maximum atomic E-state index is 6.28. The minimum absolute atomic E-state index is 0.0207. The fraction of sp³-hybridized carbons (Fsp3) is 0.167. The quantitative estimate of drug-likeness (QED) is 0.482. The van der Waals surface area contributed by atoms with Crippen LogP contribution in [-0.4, -0.2) is 25.8 Å². The van der Waals surface area contributed by atoms with Gasteiger partial charge in [-0.25, -0.2) is 4.98 Å². The lowest BCUT2D eigenvalue weighted by atomic mass is 10.2. The lowest BCUT2D eigenvalue weighted by Crippen LogP contribution is -2.07. The molecular weight excluding hydrogens is 375 g/mol. The fourth-order valence-corrected chi connectivity index (χ4v) is 3.05. The molecule has 0 fully saturated rings. The van der Waals surface area contributed by atoms with Crippen molar-refractivity contribution >= 4 is 34.1 Å². The predicted octanol–water partition coefficient (Wildman–Crippen LogP) is 5.17. The third kappa shape index (κ3) is 3.02. The number of para-hydroxylation sites is 1. The van der Waals surface area contributed by atoms with E-state index < -0.39 is 0 Å². The molecular formula is C18H14Cl2N4O2. The van der Waals surface area contributed by atoms with Gasteiger partial charge in [-0.05, 0) is 31.1 Å². The SMILES string of the molecule is CC(C)Oc1ncc(-c2nc(-n3cc(Cl)c4ccccc43)no2)cc1Cl. The first-order valence-corrected chi connectivity index (χ1v) is 8.71. The van der Waals surface area contributed by atoms with Gasteiger partial charge in [0, 0.05) is 17.8 Å². The second-order valence-electron chi connectivity index (χ2n) is 5.94. The molecule has 0 amide bonds. The minimum Gasteiger partial charge on any atom is -0.474 e. The van der Waals surface area contributed by atoms with Crippen molar-refractivity contribution < 1.29 is 9.26 Å². The molecule has 26 heavy (non-hydrogen) atoms. The Bertz CT molecular complexity index is 1090. The van der Waals surface area contributed by atoms with Crippen LogP contribution in [0.1, 0.15) is 13.8 Å². The summed E-state index contributed by atoms with van der Waals surface area (Å²) in [7, 11) is 0. The average Bonchev–Trinajstić information content (AvgIpc) is 3.22. The van der Waals surface area contributed by atoms with Gasteiger partial charge in [0.2, 0.25) is 5.88 Å². The Kier molecular flexibility index (Phi) is 4.30. The largest absolute Gasteiger partial charge is 0.474 e. The highest BCUT2D eigenvalue weighted by atomic mass is 35.5. The molecule has 0 unspecified atom stereocenters. The molecule has 3 aromatic heterocycles. The summed E-state index contributed by atoms with van der Waals surface area (Å²) in [4.78, 5) is 8.65. The van der Waals surface area contributed by atoms with Crippen molar-refractivity contribution in [2.24, 2.45) is 0 Å². The van der Waals surface area contributed by atoms with Crippen LogP contribution in [0.5, 0.6) is 5.88 Å². The highest BCUT2D eigenvalue weighted by molar-refractivity contribution is 6.35. The monoisotopic (exact) mass is 388 g/mol. The number of nitrogens with zero attached hydrogens (tertiary/aromatic N) is 4. The zero-order valence-corrected chi connectivity index (χ0v) is 15.5. The molecule has 0 saturated heterocycles. The summed E-state index contributed by atoms with van der Waals surface area (Å²) in [6.07, 6.45) is 3.32. The molecule has 132 valence electrons. The highest BCUT2D eigenvalue weighted by Crippen LogP contribution is 2.30. The van der Waals surface area contributed by atoms with Crippen molar-refractivity contribution in [1.82, 2.24) is 19.7 Å². The van der Waals surface area contributed by atoms with E-state index in [1.54, 1.807) is 23.0 Å². The van der Waals surface area contributed by atoms with Gasteiger partial charge in [0.05, 0.1) is 22.2 Å². The molecule has 0 aliphatic carbocycles. The first-order valence-electron chi connectivity index (χ1n) is 7.95. The zero-order valence-electron chi connectivity index (χ0n) is 14.0. The van der Waals surface area contributed by atoms with Crippen LogP contribution in [0.2, 0.25) is 10.0 Å². The maximum absolute atomic E-state index is 6.28. The summed E-state index contributed by atoms with van der Waals surface area (Å²) in [5, 5.41) is 5.96. The average molecular weight is 389 g/mol. The summed E-state index contributed by atoms with van der Waals surface area (Å²) < 4.78 is 12.7. The van der Waals surface area contributed by atoms with E-state index in [1.165, 1.54) is 0 Å². The van der Waals surface area contributed by atoms with Crippen molar-refractivity contribution in [3.8, 4) is 23.3 Å². The summed E-state index contributed by atoms with van der Waals surface area (Å²) in [6.45, 7) is 3.81. The van der Waals surface area contributed by atoms with E-state index in [0.717, 1.165) is 10.9 Å². The van der Waals surface area contributed by atoms with Gasteiger partial charge in [0.1, 0.15) is 5.02 Å². The number of benzene rings is 1. The lowest BCUT2D eigenvalue weighted by molar-refractivity contribution is 0.233. The number of hydrogen-bond acceptors (Lipinski definition) is 5. The molecule has 1 aromatic carbocycles. The second kappa shape index (κ2) is 6.63. The van der Waals surface area contributed by atoms with Crippen LogP contribution in [0.25, 0.3) is 28.3 Å². The molecule has 0 spiro atoms. The van der Waals surface area contributed by atoms with Crippen LogP contribution in [0.15, 0.2) is 47.2 Å². The number of halogens is 2. The molecule has 8 heteroatoms. The Hall–Kier alpha value is -2.57. The number of ether oxygens (including phenoxy) is 1. The molecule has 4 rings (SSSR count). The van der Waals surface area contributed by atoms with E-state index in [2.05, 4.69) is 15.1 Å². The number of aromatic nitrogens is 4. The van der Waals surface area contributed by atoms with Gasteiger partial charge in [-0.15, -0.1) is 0 Å². The number of pyridine rings is 1. The summed E-state index contributed by atoms with van der Waals surface area (Å²) >= 11 is 12.5. The molecule has 3 heterocycles. The third-order valence-electron chi connectivity index (χ3n) is 3.70. The standard InChI is InChI=1S/C18H14Cl2N4O2/c1-10(2)25-17-13(19)7-11(8-21-17)16-22-18(23-26-16)24-9-14(20)12-5-3-4-6-15(12)24/h3-10H,1-2H3. The Morgan fingerprint density at radius 3 is 2.73 bits per heavy atom. The molecule has 6 nitrogen and oxygen atoms in total. The topological polar surface area (TPSA) is 66.0 Å². The van der Waals surface area contributed by atoms with Gasteiger partial charge >= 0.3 is 0 Å². The Labute approximate surface area is 159 Å². The molecule has 0 atom stereocenters. The smallest absolute Gasteiger partial charge is 0.275 e. The van der Waals surface area contributed by atoms with Crippen LogP contribution in [-0.2, 0) is 0 Å². The number of fused-ring (bicyclic) bond motifs is 1. The van der Waals surface area contributed by atoms with Gasteiger partial charge in [-0.1, -0.05) is 41.4 Å². The third-order valence-corrected chi connectivity index (χ3v) is 4.27. The first-order chi connectivity index (χ1) is 12.5. The fourth-order valence-electron chi connectivity index (χ4n) is 2.59. The van der Waals surface area contributed by atoms with Crippen LogP contribution in [0.4, 0.5) is 0 Å². The summed E-state index contributed by atoms with van der Waals surface area (Å²) in [5.41, 5.74) is 1.49. The van der Waals surface area contributed by atoms with Gasteiger partial charge < -0.3 is 9.26 Å². The van der Waals surface area contributed by atoms with Gasteiger partial charge in [0.25, 0.3) is 11.8 Å². The zero-order chi connectivity index (χ0) is 18.3. The molecule has 0 N–H and O–H groups in total. The van der Waals surface area contributed by atoms with Crippen molar-refractivity contribution in [2.45, 2.75) is 20.0 Å². The summed E-state index contributed by atoms with van der Waals surface area (Å²) in [6, 6.07) is 9.41. The normalized spacial score (nSPS) is 11.4. The van der Waals surface area contributed by atoms with E-state index in [0.29, 0.717) is 33.3 Å². The van der Waals surface area contributed by atoms with Crippen LogP contribution in [0.3, 0.4) is 0 Å². The van der Waals surface area contributed by atoms with Gasteiger partial charge in [-0.3, -0.25) is 4.57 Å². The Balaban J connectivity index is 1.71. The van der Waals surface area contributed by atoms with Crippen LogP contribution >= 0.6 is 23.2 Å². The van der Waals surface area contributed by atoms with Crippen LogP contribution in [0, 0.1) is 0 Å². The molecule has 0 radical (unpaired) electrons. The van der Waals surface area contributed by atoms with Gasteiger partial charge in [0.15, 0.2) is 0 Å². The van der Waals surface area contributed by atoms with E-state index in [1.807, 2.05) is 38.1 Å². The maximum Gasteiger partial charge on any atom is 0.275 e. The Morgan fingerprint density at radius 1 is 1.15 bits per heavy atom. The van der Waals surface area contributed by atoms with E-state index >= 15 is 0 Å². The van der Waals surface area contributed by atoms with Crippen molar-refractivity contribution in [3.05, 3.63) is 52.8 Å². The first kappa shape index (κ1) is 16.9. The van der Waals surface area contributed by atoms with Crippen LogP contribution < -0.4 is 4.74 Å². The van der Waals surface area contributed by atoms with Crippen molar-refractivity contribution in [1.29, 1.82) is 0 Å². The molecule has 0 aliphatic heterocycles. The number of rotatable bonds is 4. The number of hydrogen-bond donors (Lipinski definition) is 0. The van der Waals surface area contributed by atoms with E-state index in [9.17, 15) is 0 Å². The molecule has 4 aromatic rings. The Morgan fingerprint density at radius 2 is 1.96 bits per heavy atom. The highest BCUT2D eigenvalue weighted by Gasteiger charge is 2.16. The van der Waals surface area contributed by atoms with E-state index in [-0.39, 0.29) is 6.10 Å². The molecule has 0 bridgehead atoms. The van der Waals surface area contributed by atoms with Crippen molar-refractivity contribution in [3.63, 3.8) is 0 Å². The van der Waals surface area contributed by atoms with Gasteiger partial charge in [-0.2, -0.15) is 4.98 Å². The van der Waals surface area contributed by atoms with Crippen molar-refractivity contribution in [2.75, 3.05) is 0 Å². The predicted molar refractivity (Wildman–Crippen MR) is 100 cm³/mol.